The van der Waals surface area contributed by atoms with Crippen molar-refractivity contribution in [2.45, 2.75) is 46.8 Å². The number of nitrogens with one attached hydrogen (secondary N) is 1. The molecule has 3 heteroatoms. The lowest BCUT2D eigenvalue weighted by molar-refractivity contribution is 0.589. The Morgan fingerprint density at radius 1 is 1.21 bits per heavy atom. The standard InChI is InChI=1S/C16H23N3/c1-5-19-13(4)16(11-18-19)15-8-6-14(7-9-15)10-17-12(2)3/h6-9,11-12,17H,5,10H2,1-4H3. The summed E-state index contributed by atoms with van der Waals surface area (Å²) >= 11 is 0. The number of nitrogens with zero attached hydrogens (tertiary/aromatic N) is 2. The molecule has 1 aromatic carbocycles. The van der Waals surface area contributed by atoms with Crippen molar-refractivity contribution in [1.82, 2.24) is 15.1 Å². The van der Waals surface area contributed by atoms with Crippen molar-refractivity contribution in [2.75, 3.05) is 0 Å². The molecule has 0 saturated heterocycles. The van der Waals surface area contributed by atoms with Crippen LogP contribution in [0.4, 0.5) is 0 Å². The van der Waals surface area contributed by atoms with Gasteiger partial charge in [0.25, 0.3) is 0 Å². The molecule has 2 aromatic rings. The molecule has 19 heavy (non-hydrogen) atoms. The number of hydrogen-bond donors (Lipinski definition) is 1. The quantitative estimate of drug-likeness (QED) is 0.890. The summed E-state index contributed by atoms with van der Waals surface area (Å²) in [6.07, 6.45) is 1.96. The second-order valence-electron chi connectivity index (χ2n) is 5.19. The van der Waals surface area contributed by atoms with Crippen molar-refractivity contribution in [2.24, 2.45) is 0 Å². The lowest BCUT2D eigenvalue weighted by Gasteiger charge is -2.09. The number of aryl methyl sites for hydroxylation is 1. The van der Waals surface area contributed by atoms with E-state index in [-0.39, 0.29) is 0 Å². The van der Waals surface area contributed by atoms with E-state index in [2.05, 4.69) is 62.4 Å². The fourth-order valence-corrected chi connectivity index (χ4v) is 2.17. The summed E-state index contributed by atoms with van der Waals surface area (Å²) < 4.78 is 2.03. The number of benzene rings is 1. The first-order chi connectivity index (χ1) is 9.11. The van der Waals surface area contributed by atoms with Crippen LogP contribution in [0.25, 0.3) is 11.1 Å². The van der Waals surface area contributed by atoms with Gasteiger partial charge in [0.2, 0.25) is 0 Å². The predicted octanol–water partition coefficient (Wildman–Crippen LogP) is 3.38. The maximum Gasteiger partial charge on any atom is 0.0571 e. The second-order valence-corrected chi connectivity index (χ2v) is 5.19. The van der Waals surface area contributed by atoms with Gasteiger partial charge in [0.05, 0.1) is 6.20 Å². The third-order valence-electron chi connectivity index (χ3n) is 3.38. The van der Waals surface area contributed by atoms with Gasteiger partial charge in [0, 0.05) is 30.4 Å². The van der Waals surface area contributed by atoms with Crippen molar-refractivity contribution < 1.29 is 0 Å². The highest BCUT2D eigenvalue weighted by Gasteiger charge is 2.07. The first-order valence-corrected chi connectivity index (χ1v) is 6.97. The molecule has 0 aliphatic heterocycles. The number of rotatable bonds is 5. The molecule has 1 N–H and O–H groups in total. The van der Waals surface area contributed by atoms with Crippen molar-refractivity contribution in [3.8, 4) is 11.1 Å². The summed E-state index contributed by atoms with van der Waals surface area (Å²) in [6, 6.07) is 9.26. The third kappa shape index (κ3) is 3.24. The lowest BCUT2D eigenvalue weighted by atomic mass is 10.0. The van der Waals surface area contributed by atoms with Gasteiger partial charge in [-0.1, -0.05) is 38.1 Å². The molecule has 0 atom stereocenters. The Balaban J connectivity index is 2.15. The van der Waals surface area contributed by atoms with E-state index in [0.29, 0.717) is 6.04 Å². The molecule has 0 amide bonds. The van der Waals surface area contributed by atoms with Gasteiger partial charge in [-0.2, -0.15) is 5.10 Å². The molecule has 0 saturated carbocycles. The van der Waals surface area contributed by atoms with Crippen LogP contribution >= 0.6 is 0 Å². The SMILES string of the molecule is CCn1ncc(-c2ccc(CNC(C)C)cc2)c1C. The fourth-order valence-electron chi connectivity index (χ4n) is 2.17. The maximum absolute atomic E-state index is 4.40. The van der Waals surface area contributed by atoms with Crippen LogP contribution in [0, 0.1) is 6.92 Å². The van der Waals surface area contributed by atoms with Crippen molar-refractivity contribution >= 4 is 0 Å². The zero-order valence-corrected chi connectivity index (χ0v) is 12.3. The monoisotopic (exact) mass is 257 g/mol. The van der Waals surface area contributed by atoms with Crippen LogP contribution in [-0.2, 0) is 13.1 Å². The van der Waals surface area contributed by atoms with Gasteiger partial charge in [0.15, 0.2) is 0 Å². The minimum Gasteiger partial charge on any atom is -0.310 e. The zero-order valence-electron chi connectivity index (χ0n) is 12.3. The van der Waals surface area contributed by atoms with E-state index in [9.17, 15) is 0 Å². The Morgan fingerprint density at radius 3 is 2.42 bits per heavy atom. The number of aromatic nitrogens is 2. The molecule has 1 aromatic heterocycles. The summed E-state index contributed by atoms with van der Waals surface area (Å²) in [4.78, 5) is 0. The Bertz CT molecular complexity index is 523. The van der Waals surface area contributed by atoms with E-state index in [1.54, 1.807) is 0 Å². The highest BCUT2D eigenvalue weighted by Crippen LogP contribution is 2.23. The summed E-state index contributed by atoms with van der Waals surface area (Å²) in [7, 11) is 0. The first kappa shape index (κ1) is 13.8. The molecule has 1 heterocycles. The third-order valence-corrected chi connectivity index (χ3v) is 3.38. The van der Waals surface area contributed by atoms with E-state index in [4.69, 9.17) is 0 Å². The van der Waals surface area contributed by atoms with E-state index in [1.807, 2.05) is 10.9 Å². The molecule has 0 radical (unpaired) electrons. The van der Waals surface area contributed by atoms with Crippen LogP contribution in [0.2, 0.25) is 0 Å². The van der Waals surface area contributed by atoms with Gasteiger partial charge in [-0.15, -0.1) is 0 Å². The Kier molecular flexibility index (Phi) is 4.38. The van der Waals surface area contributed by atoms with Crippen LogP contribution in [0.3, 0.4) is 0 Å². The molecule has 3 nitrogen and oxygen atoms in total. The summed E-state index contributed by atoms with van der Waals surface area (Å²) in [5, 5.41) is 7.83. The average Bonchev–Trinajstić information content (AvgIpc) is 2.78. The predicted molar refractivity (Wildman–Crippen MR) is 80.0 cm³/mol. The van der Waals surface area contributed by atoms with Crippen molar-refractivity contribution in [3.63, 3.8) is 0 Å². The van der Waals surface area contributed by atoms with Gasteiger partial charge >= 0.3 is 0 Å². The van der Waals surface area contributed by atoms with Gasteiger partial charge < -0.3 is 5.32 Å². The minimum atomic E-state index is 0.518. The Hall–Kier alpha value is -1.61. The van der Waals surface area contributed by atoms with Crippen LogP contribution < -0.4 is 5.32 Å². The summed E-state index contributed by atoms with van der Waals surface area (Å²) in [5.41, 5.74) is 5.02. The zero-order chi connectivity index (χ0) is 13.8. The molecule has 0 unspecified atom stereocenters. The molecule has 102 valence electrons. The topological polar surface area (TPSA) is 29.9 Å². The van der Waals surface area contributed by atoms with Crippen molar-refractivity contribution in [1.29, 1.82) is 0 Å². The smallest absolute Gasteiger partial charge is 0.0571 e. The van der Waals surface area contributed by atoms with Crippen molar-refractivity contribution in [3.05, 3.63) is 41.7 Å². The molecule has 0 bridgehead atoms. The van der Waals surface area contributed by atoms with E-state index in [1.165, 1.54) is 22.4 Å². The highest BCUT2D eigenvalue weighted by atomic mass is 15.3. The maximum atomic E-state index is 4.40. The van der Waals surface area contributed by atoms with E-state index in [0.717, 1.165) is 13.1 Å². The Labute approximate surface area is 115 Å². The van der Waals surface area contributed by atoms with Crippen LogP contribution in [0.1, 0.15) is 32.0 Å². The van der Waals surface area contributed by atoms with Gasteiger partial charge in [-0.3, -0.25) is 4.68 Å². The molecule has 0 aliphatic carbocycles. The van der Waals surface area contributed by atoms with Gasteiger partial charge in [-0.05, 0) is 25.0 Å². The van der Waals surface area contributed by atoms with Crippen LogP contribution in [0.15, 0.2) is 30.5 Å². The van der Waals surface area contributed by atoms with E-state index >= 15 is 0 Å². The molecule has 0 fully saturated rings. The fraction of sp³-hybridized carbons (Fsp3) is 0.438. The molecular formula is C16H23N3. The molecule has 0 aliphatic rings. The largest absolute Gasteiger partial charge is 0.310 e. The highest BCUT2D eigenvalue weighted by molar-refractivity contribution is 5.65. The lowest BCUT2D eigenvalue weighted by Crippen LogP contribution is -2.21. The molecule has 0 spiro atoms. The molecular weight excluding hydrogens is 234 g/mol. The first-order valence-electron chi connectivity index (χ1n) is 6.97. The average molecular weight is 257 g/mol. The van der Waals surface area contributed by atoms with Gasteiger partial charge in [0.1, 0.15) is 0 Å². The van der Waals surface area contributed by atoms with Gasteiger partial charge in [-0.25, -0.2) is 0 Å². The summed E-state index contributed by atoms with van der Waals surface area (Å²) in [6.45, 7) is 10.4. The molecule has 2 rings (SSSR count). The number of hydrogen-bond acceptors (Lipinski definition) is 2. The normalized spacial score (nSPS) is 11.2. The van der Waals surface area contributed by atoms with Crippen LogP contribution in [0.5, 0.6) is 0 Å². The second kappa shape index (κ2) is 6.02. The van der Waals surface area contributed by atoms with E-state index < -0.39 is 0 Å². The summed E-state index contributed by atoms with van der Waals surface area (Å²) in [5.74, 6) is 0. The van der Waals surface area contributed by atoms with Crippen LogP contribution in [-0.4, -0.2) is 15.8 Å². The Morgan fingerprint density at radius 2 is 1.89 bits per heavy atom. The minimum absolute atomic E-state index is 0.518.